The lowest BCUT2D eigenvalue weighted by atomic mass is 10.2. The zero-order valence-electron chi connectivity index (χ0n) is 12.9. The van der Waals surface area contributed by atoms with E-state index in [0.717, 1.165) is 5.69 Å². The number of hydrogen-bond donors (Lipinski definition) is 1. The van der Waals surface area contributed by atoms with Gasteiger partial charge in [0.05, 0.1) is 12.8 Å². The predicted molar refractivity (Wildman–Crippen MR) is 79.2 cm³/mol. The fourth-order valence-corrected chi connectivity index (χ4v) is 2.35. The SMILES string of the molecule is CCOC(=O)c1noc(-c2cnn3c(=O)c(CC)c(C)[nH]c23)n1. The number of aromatic nitrogens is 5. The van der Waals surface area contributed by atoms with E-state index in [0.29, 0.717) is 23.2 Å². The highest BCUT2D eigenvalue weighted by atomic mass is 16.5. The van der Waals surface area contributed by atoms with Crippen LogP contribution >= 0.6 is 0 Å². The molecule has 0 aliphatic rings. The number of nitrogens with one attached hydrogen (secondary N) is 1. The molecule has 0 spiro atoms. The number of carbonyl (C=O) groups is 1. The van der Waals surface area contributed by atoms with Gasteiger partial charge in [-0.05, 0) is 25.4 Å². The first-order chi connectivity index (χ1) is 11.1. The minimum atomic E-state index is -0.670. The van der Waals surface area contributed by atoms with Crippen LogP contribution in [0.3, 0.4) is 0 Å². The van der Waals surface area contributed by atoms with Gasteiger partial charge in [0.25, 0.3) is 17.3 Å². The largest absolute Gasteiger partial charge is 0.460 e. The maximum absolute atomic E-state index is 12.4. The van der Waals surface area contributed by atoms with Gasteiger partial charge in [0.1, 0.15) is 11.2 Å². The van der Waals surface area contributed by atoms with Gasteiger partial charge in [-0.3, -0.25) is 4.79 Å². The Morgan fingerprint density at radius 2 is 2.22 bits per heavy atom. The summed E-state index contributed by atoms with van der Waals surface area (Å²) in [5.41, 5.74) is 2.08. The first kappa shape index (κ1) is 14.9. The molecule has 120 valence electrons. The zero-order valence-corrected chi connectivity index (χ0v) is 12.9. The normalized spacial score (nSPS) is 11.1. The highest BCUT2D eigenvalue weighted by Crippen LogP contribution is 2.21. The zero-order chi connectivity index (χ0) is 16.6. The fourth-order valence-electron chi connectivity index (χ4n) is 2.35. The average molecular weight is 317 g/mol. The van der Waals surface area contributed by atoms with Crippen LogP contribution in [0.5, 0.6) is 0 Å². The second-order valence-electron chi connectivity index (χ2n) is 4.85. The summed E-state index contributed by atoms with van der Waals surface area (Å²) in [4.78, 5) is 31.1. The summed E-state index contributed by atoms with van der Waals surface area (Å²) in [5, 5.41) is 7.65. The summed E-state index contributed by atoms with van der Waals surface area (Å²) < 4.78 is 11.1. The van der Waals surface area contributed by atoms with Gasteiger partial charge in [0.15, 0.2) is 0 Å². The summed E-state index contributed by atoms with van der Waals surface area (Å²) in [5.74, 6) is -0.760. The summed E-state index contributed by atoms with van der Waals surface area (Å²) in [6.45, 7) is 5.61. The molecule has 0 aliphatic heterocycles. The maximum Gasteiger partial charge on any atom is 0.379 e. The first-order valence-corrected chi connectivity index (χ1v) is 7.17. The highest BCUT2D eigenvalue weighted by Gasteiger charge is 2.21. The average Bonchev–Trinajstić information content (AvgIpc) is 3.14. The number of ether oxygens (including phenoxy) is 1. The monoisotopic (exact) mass is 317 g/mol. The van der Waals surface area contributed by atoms with Gasteiger partial charge in [-0.2, -0.15) is 14.6 Å². The summed E-state index contributed by atoms with van der Waals surface area (Å²) in [7, 11) is 0. The summed E-state index contributed by atoms with van der Waals surface area (Å²) in [6, 6.07) is 0. The van der Waals surface area contributed by atoms with Crippen LogP contribution in [0.15, 0.2) is 15.5 Å². The third kappa shape index (κ3) is 2.39. The molecular weight excluding hydrogens is 302 g/mol. The Bertz CT molecular complexity index is 936. The number of esters is 1. The van der Waals surface area contributed by atoms with Crippen molar-refractivity contribution in [3.05, 3.63) is 33.6 Å². The lowest BCUT2D eigenvalue weighted by Gasteiger charge is -2.03. The molecule has 3 aromatic heterocycles. The predicted octanol–water partition coefficient (Wildman–Crippen LogP) is 1.12. The Hall–Kier alpha value is -2.97. The molecule has 3 heterocycles. The quantitative estimate of drug-likeness (QED) is 0.717. The van der Waals surface area contributed by atoms with Crippen molar-refractivity contribution >= 4 is 11.6 Å². The molecule has 0 saturated carbocycles. The Balaban J connectivity index is 2.11. The number of carbonyl (C=O) groups excluding carboxylic acids is 1. The molecule has 3 rings (SSSR count). The lowest BCUT2D eigenvalue weighted by Crippen LogP contribution is -2.21. The van der Waals surface area contributed by atoms with E-state index in [-0.39, 0.29) is 23.9 Å². The van der Waals surface area contributed by atoms with Crippen molar-refractivity contribution in [3.8, 4) is 11.5 Å². The van der Waals surface area contributed by atoms with Crippen molar-refractivity contribution in [2.24, 2.45) is 0 Å². The Morgan fingerprint density at radius 3 is 2.91 bits per heavy atom. The van der Waals surface area contributed by atoms with Crippen molar-refractivity contribution in [1.29, 1.82) is 0 Å². The molecule has 0 radical (unpaired) electrons. The molecule has 1 N–H and O–H groups in total. The van der Waals surface area contributed by atoms with Crippen molar-refractivity contribution in [2.45, 2.75) is 27.2 Å². The van der Waals surface area contributed by atoms with Gasteiger partial charge in [-0.1, -0.05) is 6.92 Å². The number of hydrogen-bond acceptors (Lipinski definition) is 7. The van der Waals surface area contributed by atoms with E-state index >= 15 is 0 Å². The third-order valence-corrected chi connectivity index (χ3v) is 3.45. The summed E-state index contributed by atoms with van der Waals surface area (Å²) in [6.07, 6.45) is 2.04. The number of aryl methyl sites for hydroxylation is 1. The lowest BCUT2D eigenvalue weighted by molar-refractivity contribution is 0.0508. The van der Waals surface area contributed by atoms with Gasteiger partial charge in [0.2, 0.25) is 0 Å². The van der Waals surface area contributed by atoms with Crippen LogP contribution in [0.25, 0.3) is 17.1 Å². The molecule has 0 saturated heterocycles. The van der Waals surface area contributed by atoms with E-state index in [9.17, 15) is 9.59 Å². The second-order valence-corrected chi connectivity index (χ2v) is 4.85. The van der Waals surface area contributed by atoms with Crippen LogP contribution in [-0.4, -0.2) is 37.3 Å². The van der Waals surface area contributed by atoms with Crippen LogP contribution in [0.2, 0.25) is 0 Å². The first-order valence-electron chi connectivity index (χ1n) is 7.17. The summed E-state index contributed by atoms with van der Waals surface area (Å²) >= 11 is 0. The van der Waals surface area contributed by atoms with Crippen molar-refractivity contribution < 1.29 is 14.1 Å². The number of rotatable bonds is 4. The standard InChI is InChI=1S/C14H15N5O4/c1-4-8-7(3)16-11-9(6-15-19(11)13(8)20)12-17-10(18-23-12)14(21)22-5-2/h6,16H,4-5H2,1-3H3. The Morgan fingerprint density at radius 1 is 1.43 bits per heavy atom. The Kier molecular flexibility index (Phi) is 3.68. The molecule has 23 heavy (non-hydrogen) atoms. The molecule has 0 bridgehead atoms. The maximum atomic E-state index is 12.4. The topological polar surface area (TPSA) is 115 Å². The second kappa shape index (κ2) is 5.67. The smallest absolute Gasteiger partial charge is 0.379 e. The molecule has 0 atom stereocenters. The molecule has 0 aliphatic carbocycles. The number of fused-ring (bicyclic) bond motifs is 1. The van der Waals surface area contributed by atoms with E-state index in [1.165, 1.54) is 10.7 Å². The van der Waals surface area contributed by atoms with Gasteiger partial charge >= 0.3 is 5.97 Å². The molecule has 9 nitrogen and oxygen atoms in total. The minimum absolute atomic E-state index is 0.0855. The highest BCUT2D eigenvalue weighted by molar-refractivity contribution is 5.85. The molecule has 9 heteroatoms. The van der Waals surface area contributed by atoms with E-state index in [1.54, 1.807) is 6.92 Å². The van der Waals surface area contributed by atoms with Crippen molar-refractivity contribution in [1.82, 2.24) is 24.7 Å². The number of aromatic amines is 1. The van der Waals surface area contributed by atoms with E-state index < -0.39 is 5.97 Å². The molecular formula is C14H15N5O4. The number of nitrogens with zero attached hydrogens (tertiary/aromatic N) is 4. The van der Waals surface area contributed by atoms with Crippen LogP contribution in [0, 0.1) is 6.92 Å². The van der Waals surface area contributed by atoms with Gasteiger partial charge < -0.3 is 14.2 Å². The molecule has 3 aromatic rings. The molecule has 0 fully saturated rings. The van der Waals surface area contributed by atoms with E-state index in [4.69, 9.17) is 9.26 Å². The van der Waals surface area contributed by atoms with Crippen LogP contribution in [0.1, 0.15) is 35.7 Å². The fraction of sp³-hybridized carbons (Fsp3) is 0.357. The van der Waals surface area contributed by atoms with Crippen molar-refractivity contribution in [3.63, 3.8) is 0 Å². The van der Waals surface area contributed by atoms with Gasteiger partial charge in [-0.15, -0.1) is 0 Å². The van der Waals surface area contributed by atoms with Crippen LogP contribution in [0.4, 0.5) is 0 Å². The molecule has 0 amide bonds. The third-order valence-electron chi connectivity index (χ3n) is 3.45. The Labute approximate surface area is 130 Å². The molecule has 0 unspecified atom stereocenters. The van der Waals surface area contributed by atoms with E-state index in [1.807, 2.05) is 13.8 Å². The minimum Gasteiger partial charge on any atom is -0.460 e. The van der Waals surface area contributed by atoms with Crippen LogP contribution < -0.4 is 5.56 Å². The van der Waals surface area contributed by atoms with Crippen molar-refractivity contribution in [2.75, 3.05) is 6.61 Å². The van der Waals surface area contributed by atoms with E-state index in [2.05, 4.69) is 20.2 Å². The van der Waals surface area contributed by atoms with Gasteiger partial charge in [-0.25, -0.2) is 4.79 Å². The number of H-pyrrole nitrogens is 1. The molecule has 0 aromatic carbocycles. The van der Waals surface area contributed by atoms with Crippen LogP contribution in [-0.2, 0) is 11.2 Å². The van der Waals surface area contributed by atoms with Gasteiger partial charge in [0, 0.05) is 11.3 Å².